The Morgan fingerprint density at radius 2 is 2.05 bits per heavy atom. The van der Waals surface area contributed by atoms with E-state index < -0.39 is 5.82 Å². The summed E-state index contributed by atoms with van der Waals surface area (Å²) in [5.74, 6) is -0.105. The van der Waals surface area contributed by atoms with E-state index in [2.05, 4.69) is 15.0 Å². The van der Waals surface area contributed by atoms with Gasteiger partial charge in [-0.3, -0.25) is 0 Å². The molecule has 0 atom stereocenters. The van der Waals surface area contributed by atoms with Crippen LogP contribution >= 0.6 is 11.6 Å². The molecule has 1 aromatic heterocycles. The van der Waals surface area contributed by atoms with Crippen molar-refractivity contribution >= 4 is 11.6 Å². The zero-order valence-electron chi connectivity index (χ0n) is 11.1. The second-order valence-electron chi connectivity index (χ2n) is 3.91. The van der Waals surface area contributed by atoms with Crippen molar-refractivity contribution in [1.82, 2.24) is 15.0 Å². The third-order valence-corrected chi connectivity index (χ3v) is 2.60. The fourth-order valence-corrected chi connectivity index (χ4v) is 1.68. The van der Waals surface area contributed by atoms with E-state index in [9.17, 15) is 4.39 Å². The summed E-state index contributed by atoms with van der Waals surface area (Å²) in [7, 11) is 1.40. The van der Waals surface area contributed by atoms with Gasteiger partial charge >= 0.3 is 6.01 Å². The summed E-state index contributed by atoms with van der Waals surface area (Å²) in [6.45, 7) is 2.43. The van der Waals surface area contributed by atoms with E-state index in [4.69, 9.17) is 21.1 Å². The largest absolute Gasteiger partial charge is 0.494 e. The summed E-state index contributed by atoms with van der Waals surface area (Å²) >= 11 is 5.82. The molecule has 0 amide bonds. The normalized spacial score (nSPS) is 10.4. The molecule has 0 aliphatic rings. The Morgan fingerprint density at radius 1 is 1.25 bits per heavy atom. The van der Waals surface area contributed by atoms with E-state index in [1.807, 2.05) is 6.92 Å². The van der Waals surface area contributed by atoms with E-state index in [0.29, 0.717) is 12.2 Å². The highest BCUT2D eigenvalue weighted by Crippen LogP contribution is 2.24. The lowest BCUT2D eigenvalue weighted by Gasteiger charge is -2.07. The summed E-state index contributed by atoms with van der Waals surface area (Å²) in [5, 5.41) is -0.00247. The summed E-state index contributed by atoms with van der Waals surface area (Å²) < 4.78 is 23.8. The minimum atomic E-state index is -0.502. The zero-order valence-corrected chi connectivity index (χ0v) is 11.8. The maximum atomic E-state index is 13.7. The van der Waals surface area contributed by atoms with Gasteiger partial charge in [-0.15, -0.1) is 0 Å². The van der Waals surface area contributed by atoms with Gasteiger partial charge < -0.3 is 9.47 Å². The van der Waals surface area contributed by atoms with Crippen molar-refractivity contribution in [2.24, 2.45) is 0 Å². The molecule has 0 spiro atoms. The molecule has 2 rings (SSSR count). The molecule has 5 nitrogen and oxygen atoms in total. The molecular formula is C13H13ClFN3O2. The van der Waals surface area contributed by atoms with Gasteiger partial charge in [-0.1, -0.05) is 6.92 Å². The predicted molar refractivity (Wildman–Crippen MR) is 72.6 cm³/mol. The van der Waals surface area contributed by atoms with Gasteiger partial charge in [0.2, 0.25) is 5.28 Å². The van der Waals surface area contributed by atoms with Crippen LogP contribution in [-0.4, -0.2) is 28.7 Å². The number of ether oxygens (including phenoxy) is 2. The molecule has 20 heavy (non-hydrogen) atoms. The fourth-order valence-electron chi connectivity index (χ4n) is 1.52. The van der Waals surface area contributed by atoms with E-state index in [1.54, 1.807) is 6.07 Å². The average molecular weight is 298 g/mol. The molecule has 0 saturated heterocycles. The molecule has 0 aliphatic heterocycles. The first-order valence-electron chi connectivity index (χ1n) is 6.02. The standard InChI is InChI=1S/C13H13ClFN3O2/c1-3-6-20-13-17-11(16-12(14)18-13)8-4-5-10(19-2)9(15)7-8/h4-5,7H,3,6H2,1-2H3. The van der Waals surface area contributed by atoms with Crippen LogP contribution in [0.5, 0.6) is 11.8 Å². The number of aromatic nitrogens is 3. The fraction of sp³-hybridized carbons (Fsp3) is 0.308. The number of nitrogens with zero attached hydrogens (tertiary/aromatic N) is 3. The van der Waals surface area contributed by atoms with Gasteiger partial charge in [-0.25, -0.2) is 4.39 Å². The SMILES string of the molecule is CCCOc1nc(Cl)nc(-c2ccc(OC)c(F)c2)n1. The average Bonchev–Trinajstić information content (AvgIpc) is 2.44. The van der Waals surface area contributed by atoms with Gasteiger partial charge in [-0.05, 0) is 36.2 Å². The Hall–Kier alpha value is -1.95. The highest BCUT2D eigenvalue weighted by Gasteiger charge is 2.11. The van der Waals surface area contributed by atoms with Crippen LogP contribution in [0.1, 0.15) is 13.3 Å². The molecule has 2 aromatic rings. The maximum absolute atomic E-state index is 13.7. The highest BCUT2D eigenvalue weighted by atomic mass is 35.5. The van der Waals surface area contributed by atoms with Gasteiger partial charge in [0.15, 0.2) is 17.4 Å². The molecule has 7 heteroatoms. The smallest absolute Gasteiger partial charge is 0.321 e. The van der Waals surface area contributed by atoms with E-state index in [1.165, 1.54) is 19.2 Å². The second kappa shape index (κ2) is 6.47. The van der Waals surface area contributed by atoms with Crippen LogP contribution in [0.25, 0.3) is 11.4 Å². The van der Waals surface area contributed by atoms with E-state index in [-0.39, 0.29) is 22.9 Å². The van der Waals surface area contributed by atoms with Crippen LogP contribution in [0.15, 0.2) is 18.2 Å². The van der Waals surface area contributed by atoms with Crippen LogP contribution in [0, 0.1) is 5.82 Å². The molecule has 0 bridgehead atoms. The van der Waals surface area contributed by atoms with Gasteiger partial charge in [0.05, 0.1) is 13.7 Å². The van der Waals surface area contributed by atoms with Crippen molar-refractivity contribution in [1.29, 1.82) is 0 Å². The minimum Gasteiger partial charge on any atom is -0.494 e. The molecule has 106 valence electrons. The van der Waals surface area contributed by atoms with Gasteiger partial charge in [0.25, 0.3) is 0 Å². The van der Waals surface area contributed by atoms with Crippen LogP contribution in [0.2, 0.25) is 5.28 Å². The van der Waals surface area contributed by atoms with Crippen LogP contribution in [0.3, 0.4) is 0 Å². The van der Waals surface area contributed by atoms with Crippen LogP contribution in [0.4, 0.5) is 4.39 Å². The summed E-state index contributed by atoms with van der Waals surface area (Å²) in [6.07, 6.45) is 0.815. The third kappa shape index (κ3) is 3.33. The highest BCUT2D eigenvalue weighted by molar-refractivity contribution is 6.28. The van der Waals surface area contributed by atoms with Crippen LogP contribution in [-0.2, 0) is 0 Å². The quantitative estimate of drug-likeness (QED) is 0.848. The molecule has 0 saturated carbocycles. The Labute approximate surface area is 120 Å². The Kier molecular flexibility index (Phi) is 4.68. The minimum absolute atomic E-state index is 0.00247. The number of benzene rings is 1. The van der Waals surface area contributed by atoms with Crippen molar-refractivity contribution in [3.05, 3.63) is 29.3 Å². The lowest BCUT2D eigenvalue weighted by molar-refractivity contribution is 0.291. The third-order valence-electron chi connectivity index (χ3n) is 2.43. The van der Waals surface area contributed by atoms with Gasteiger partial charge in [0.1, 0.15) is 0 Å². The summed E-state index contributed by atoms with van der Waals surface area (Å²) in [4.78, 5) is 11.9. The molecule has 0 unspecified atom stereocenters. The van der Waals surface area contributed by atoms with Crippen molar-refractivity contribution in [3.63, 3.8) is 0 Å². The maximum Gasteiger partial charge on any atom is 0.321 e. The number of hydrogen-bond acceptors (Lipinski definition) is 5. The zero-order chi connectivity index (χ0) is 14.5. The van der Waals surface area contributed by atoms with Crippen molar-refractivity contribution in [2.45, 2.75) is 13.3 Å². The van der Waals surface area contributed by atoms with Gasteiger partial charge in [-0.2, -0.15) is 15.0 Å². The molecular weight excluding hydrogens is 285 g/mol. The van der Waals surface area contributed by atoms with Crippen LogP contribution < -0.4 is 9.47 Å². The molecule has 1 heterocycles. The number of halogens is 2. The van der Waals surface area contributed by atoms with Crippen molar-refractivity contribution in [3.8, 4) is 23.1 Å². The first-order valence-corrected chi connectivity index (χ1v) is 6.40. The number of hydrogen-bond donors (Lipinski definition) is 0. The Balaban J connectivity index is 2.36. The van der Waals surface area contributed by atoms with Crippen molar-refractivity contribution < 1.29 is 13.9 Å². The summed E-state index contributed by atoms with van der Waals surface area (Å²) in [5.41, 5.74) is 0.467. The predicted octanol–water partition coefficient (Wildman–Crippen LogP) is 3.13. The summed E-state index contributed by atoms with van der Waals surface area (Å²) in [6, 6.07) is 4.53. The Morgan fingerprint density at radius 3 is 2.70 bits per heavy atom. The molecule has 1 aromatic carbocycles. The molecule has 0 fully saturated rings. The Bertz CT molecular complexity index is 610. The first-order chi connectivity index (χ1) is 9.63. The lowest BCUT2D eigenvalue weighted by Crippen LogP contribution is -2.03. The molecule has 0 N–H and O–H groups in total. The van der Waals surface area contributed by atoms with Crippen molar-refractivity contribution in [2.75, 3.05) is 13.7 Å². The van der Waals surface area contributed by atoms with E-state index >= 15 is 0 Å². The molecule has 0 aliphatic carbocycles. The lowest BCUT2D eigenvalue weighted by atomic mass is 10.2. The molecule has 0 radical (unpaired) electrons. The first kappa shape index (κ1) is 14.5. The second-order valence-corrected chi connectivity index (χ2v) is 4.25. The number of methoxy groups -OCH3 is 1. The topological polar surface area (TPSA) is 57.1 Å². The van der Waals surface area contributed by atoms with E-state index in [0.717, 1.165) is 6.42 Å². The van der Waals surface area contributed by atoms with Gasteiger partial charge in [0, 0.05) is 5.56 Å². The number of rotatable bonds is 5. The monoisotopic (exact) mass is 297 g/mol.